The lowest BCUT2D eigenvalue weighted by atomic mass is 9.49. The third-order valence-electron chi connectivity index (χ3n) is 7.36. The Labute approximate surface area is 132 Å². The van der Waals surface area contributed by atoms with Crippen LogP contribution in [0.5, 0.6) is 0 Å². The molecule has 0 unspecified atom stereocenters. The first-order valence-corrected chi connectivity index (χ1v) is 8.61. The Hall–Kier alpha value is -1.22. The lowest BCUT2D eigenvalue weighted by molar-refractivity contribution is 0.00282. The van der Waals surface area contributed by atoms with Gasteiger partial charge in [0, 0.05) is 17.3 Å². The van der Waals surface area contributed by atoms with Crippen molar-refractivity contribution in [1.29, 1.82) is 0 Å². The van der Waals surface area contributed by atoms with Crippen LogP contribution in [0, 0.1) is 28.6 Å². The second-order valence-corrected chi connectivity index (χ2v) is 8.28. The van der Waals surface area contributed by atoms with Gasteiger partial charge < -0.3 is 15.9 Å². The smallest absolute Gasteiger partial charge is 0.112 e. The summed E-state index contributed by atoms with van der Waals surface area (Å²) in [6, 6.07) is 0. The average molecular weight is 301 g/mol. The fraction of sp³-hybridized carbons (Fsp3) is 0.684. The van der Waals surface area contributed by atoms with Crippen LogP contribution in [0.3, 0.4) is 0 Å². The summed E-state index contributed by atoms with van der Waals surface area (Å²) in [5.41, 5.74) is 8.45. The monoisotopic (exact) mass is 301 g/mol. The largest absolute Gasteiger partial charge is 0.510 e. The van der Waals surface area contributed by atoms with Crippen molar-refractivity contribution in [3.05, 3.63) is 35.3 Å². The zero-order valence-electron chi connectivity index (χ0n) is 13.5. The zero-order valence-corrected chi connectivity index (χ0v) is 13.5. The Morgan fingerprint density at radius 2 is 2.00 bits per heavy atom. The van der Waals surface area contributed by atoms with Crippen molar-refractivity contribution in [3.63, 3.8) is 0 Å². The zero-order chi connectivity index (χ0) is 15.7. The van der Waals surface area contributed by atoms with Crippen LogP contribution < -0.4 is 5.73 Å². The Kier molecular flexibility index (Phi) is 2.88. The van der Waals surface area contributed by atoms with E-state index in [1.807, 2.05) is 6.08 Å². The number of aliphatic hydroxyl groups excluding tert-OH is 2. The summed E-state index contributed by atoms with van der Waals surface area (Å²) in [7, 11) is 0. The quantitative estimate of drug-likeness (QED) is 0.601. The second kappa shape index (κ2) is 4.41. The van der Waals surface area contributed by atoms with Gasteiger partial charge in [-0.3, -0.25) is 0 Å². The van der Waals surface area contributed by atoms with E-state index < -0.39 is 0 Å². The maximum atomic E-state index is 10.2. The van der Waals surface area contributed by atoms with Gasteiger partial charge in [-0.05, 0) is 43.4 Å². The standard InChI is InChI=1S/C19H27NO2/c1-18-7-5-12(21)9-11(18)3-4-13-14(18)6-8-19(2)15(13)10-16(22)17(19)20/h3,5,7,12-15,21-22H,4,6,8-10,20H2,1-2H3/t12-,13+,14-,15-,18-,19-/m0/s1. The van der Waals surface area contributed by atoms with Crippen molar-refractivity contribution in [1.82, 2.24) is 0 Å². The summed E-state index contributed by atoms with van der Waals surface area (Å²) in [5, 5.41) is 20.1. The van der Waals surface area contributed by atoms with Crippen molar-refractivity contribution < 1.29 is 10.2 Å². The predicted molar refractivity (Wildman–Crippen MR) is 86.8 cm³/mol. The molecule has 0 aromatic rings. The maximum absolute atomic E-state index is 10.2. The van der Waals surface area contributed by atoms with E-state index in [0.29, 0.717) is 23.5 Å². The highest BCUT2D eigenvalue weighted by atomic mass is 16.3. The van der Waals surface area contributed by atoms with Gasteiger partial charge in [0.05, 0.1) is 11.8 Å². The van der Waals surface area contributed by atoms with Crippen molar-refractivity contribution in [2.24, 2.45) is 34.3 Å². The highest BCUT2D eigenvalue weighted by molar-refractivity contribution is 5.35. The first-order chi connectivity index (χ1) is 10.4. The summed E-state index contributed by atoms with van der Waals surface area (Å²) >= 11 is 0. The molecule has 4 rings (SSSR count). The minimum absolute atomic E-state index is 0.0230. The predicted octanol–water partition coefficient (Wildman–Crippen LogP) is 3.42. The first-order valence-electron chi connectivity index (χ1n) is 8.61. The Balaban J connectivity index is 1.72. The number of rotatable bonds is 0. The molecule has 3 heteroatoms. The van der Waals surface area contributed by atoms with Crippen molar-refractivity contribution in [3.8, 4) is 0 Å². The van der Waals surface area contributed by atoms with Crippen molar-refractivity contribution >= 4 is 0 Å². The summed E-state index contributed by atoms with van der Waals surface area (Å²) in [6.45, 7) is 4.58. The number of fused-ring (bicyclic) bond motifs is 5. The van der Waals surface area contributed by atoms with E-state index in [4.69, 9.17) is 5.73 Å². The third kappa shape index (κ3) is 1.66. The van der Waals surface area contributed by atoms with Crippen LogP contribution in [0.25, 0.3) is 0 Å². The highest BCUT2D eigenvalue weighted by Crippen LogP contribution is 2.64. The molecule has 0 radical (unpaired) electrons. The van der Waals surface area contributed by atoms with Gasteiger partial charge >= 0.3 is 0 Å². The van der Waals surface area contributed by atoms with E-state index in [2.05, 4.69) is 26.0 Å². The first kappa shape index (κ1) is 14.4. The minimum Gasteiger partial charge on any atom is -0.510 e. The topological polar surface area (TPSA) is 66.5 Å². The molecule has 0 spiro atoms. The van der Waals surface area contributed by atoms with Gasteiger partial charge in [0.25, 0.3) is 0 Å². The van der Waals surface area contributed by atoms with E-state index in [9.17, 15) is 10.2 Å². The van der Waals surface area contributed by atoms with Crippen LogP contribution in [0.15, 0.2) is 35.3 Å². The number of hydrogen-bond donors (Lipinski definition) is 3. The summed E-state index contributed by atoms with van der Waals surface area (Å²) in [5.74, 6) is 2.08. The van der Waals surface area contributed by atoms with Gasteiger partial charge in [-0.2, -0.15) is 0 Å². The minimum atomic E-state index is -0.322. The molecule has 6 atom stereocenters. The molecule has 0 saturated heterocycles. The van der Waals surface area contributed by atoms with Gasteiger partial charge in [-0.25, -0.2) is 0 Å². The third-order valence-corrected chi connectivity index (χ3v) is 7.36. The van der Waals surface area contributed by atoms with Crippen LogP contribution in [0.4, 0.5) is 0 Å². The molecule has 0 amide bonds. The molecule has 22 heavy (non-hydrogen) atoms. The van der Waals surface area contributed by atoms with Crippen LogP contribution in [-0.2, 0) is 0 Å². The van der Waals surface area contributed by atoms with Crippen molar-refractivity contribution in [2.45, 2.75) is 52.1 Å². The SMILES string of the molecule is C[C@]12C=C[C@H](O)CC1=CC[C@@H]1[C@@H]2CC[C@]2(C)C(N)=C(O)C[C@@H]12. The number of nitrogens with two attached hydrogens (primary N) is 1. The maximum Gasteiger partial charge on any atom is 0.112 e. The second-order valence-electron chi connectivity index (χ2n) is 8.28. The normalized spacial score (nSPS) is 50.2. The molecule has 0 aromatic carbocycles. The highest BCUT2D eigenvalue weighted by Gasteiger charge is 2.57. The molecule has 0 bridgehead atoms. The van der Waals surface area contributed by atoms with E-state index in [-0.39, 0.29) is 16.9 Å². The summed E-state index contributed by atoms with van der Waals surface area (Å²) in [6.07, 6.45) is 11.1. The van der Waals surface area contributed by atoms with E-state index in [0.717, 1.165) is 37.8 Å². The number of allylic oxidation sites excluding steroid dienone is 4. The fourth-order valence-electron chi connectivity index (χ4n) is 5.91. The average Bonchev–Trinajstić information content (AvgIpc) is 2.72. The van der Waals surface area contributed by atoms with Crippen LogP contribution in [0.2, 0.25) is 0 Å². The van der Waals surface area contributed by atoms with Crippen molar-refractivity contribution in [2.75, 3.05) is 0 Å². The molecule has 0 aromatic heterocycles. The van der Waals surface area contributed by atoms with Gasteiger partial charge in [0.15, 0.2) is 0 Å². The molecule has 4 aliphatic carbocycles. The molecule has 1 saturated carbocycles. The van der Waals surface area contributed by atoms with Gasteiger partial charge in [0.1, 0.15) is 5.76 Å². The molecular weight excluding hydrogens is 274 g/mol. The molecular formula is C19H27NO2. The van der Waals surface area contributed by atoms with E-state index >= 15 is 0 Å². The van der Waals surface area contributed by atoms with Gasteiger partial charge in [-0.1, -0.05) is 37.6 Å². The number of aliphatic hydroxyl groups is 2. The molecule has 1 fully saturated rings. The Morgan fingerprint density at radius 3 is 2.77 bits per heavy atom. The van der Waals surface area contributed by atoms with Crippen LogP contribution in [-0.4, -0.2) is 16.3 Å². The van der Waals surface area contributed by atoms with Gasteiger partial charge in [-0.15, -0.1) is 0 Å². The lowest BCUT2D eigenvalue weighted by Gasteiger charge is -2.55. The van der Waals surface area contributed by atoms with E-state index in [1.54, 1.807) is 0 Å². The number of hydrogen-bond acceptors (Lipinski definition) is 3. The lowest BCUT2D eigenvalue weighted by Crippen LogP contribution is -2.49. The van der Waals surface area contributed by atoms with Crippen LogP contribution in [0.1, 0.15) is 46.0 Å². The summed E-state index contributed by atoms with van der Waals surface area (Å²) in [4.78, 5) is 0. The Bertz CT molecular complexity index is 605. The molecule has 0 aliphatic heterocycles. The molecule has 3 nitrogen and oxygen atoms in total. The van der Waals surface area contributed by atoms with E-state index in [1.165, 1.54) is 5.57 Å². The Morgan fingerprint density at radius 1 is 1.23 bits per heavy atom. The molecule has 0 heterocycles. The van der Waals surface area contributed by atoms with Crippen LogP contribution >= 0.6 is 0 Å². The molecule has 4 aliphatic rings. The molecule has 4 N–H and O–H groups in total. The fourth-order valence-corrected chi connectivity index (χ4v) is 5.91. The molecule has 120 valence electrons. The van der Waals surface area contributed by atoms with Gasteiger partial charge in [0.2, 0.25) is 0 Å². The summed E-state index contributed by atoms with van der Waals surface area (Å²) < 4.78 is 0.